The van der Waals surface area contributed by atoms with E-state index >= 15 is 0 Å². The van der Waals surface area contributed by atoms with E-state index in [1.165, 1.54) is 7.11 Å². The number of hydrogen-bond acceptors (Lipinski definition) is 3. The number of benzene rings is 1. The lowest BCUT2D eigenvalue weighted by Gasteiger charge is -2.04. The Kier molecular flexibility index (Phi) is 1.88. The second kappa shape index (κ2) is 2.92. The largest absolute Gasteiger partial charge is 0.504 e. The molecule has 1 aliphatic heterocycles. The van der Waals surface area contributed by atoms with Crippen molar-refractivity contribution in [3.05, 3.63) is 23.8 Å². The third-order valence-corrected chi connectivity index (χ3v) is 2.24. The smallest absolute Gasteiger partial charge is 0.160 e. The summed E-state index contributed by atoms with van der Waals surface area (Å²) in [6.45, 7) is 2.02. The summed E-state index contributed by atoms with van der Waals surface area (Å²) in [6, 6.07) is 5.29. The van der Waals surface area contributed by atoms with Gasteiger partial charge in [0.15, 0.2) is 11.5 Å². The minimum Gasteiger partial charge on any atom is -0.504 e. The molecule has 1 fully saturated rings. The van der Waals surface area contributed by atoms with E-state index in [9.17, 15) is 5.11 Å². The van der Waals surface area contributed by atoms with Crippen LogP contribution in [0.4, 0.5) is 0 Å². The van der Waals surface area contributed by atoms with Crippen LogP contribution in [0, 0.1) is 0 Å². The summed E-state index contributed by atoms with van der Waals surface area (Å²) in [5.74, 6) is 0.666. The Bertz CT molecular complexity index is 322. The number of rotatable bonds is 2. The highest BCUT2D eigenvalue weighted by Gasteiger charge is 2.35. The van der Waals surface area contributed by atoms with E-state index in [1.54, 1.807) is 6.07 Å². The van der Waals surface area contributed by atoms with E-state index in [0.29, 0.717) is 5.75 Å². The Morgan fingerprint density at radius 2 is 2.15 bits per heavy atom. The quantitative estimate of drug-likeness (QED) is 0.706. The Balaban J connectivity index is 2.28. The predicted molar refractivity (Wildman–Crippen MR) is 47.9 cm³/mol. The van der Waals surface area contributed by atoms with Gasteiger partial charge in [-0.15, -0.1) is 0 Å². The lowest BCUT2D eigenvalue weighted by atomic mass is 10.1. The summed E-state index contributed by atoms with van der Waals surface area (Å²) >= 11 is 0. The lowest BCUT2D eigenvalue weighted by Crippen LogP contribution is -1.88. The topological polar surface area (TPSA) is 42.0 Å². The molecule has 70 valence electrons. The molecule has 0 amide bonds. The molecule has 3 heteroatoms. The van der Waals surface area contributed by atoms with Crippen molar-refractivity contribution in [1.82, 2.24) is 0 Å². The number of aromatic hydroxyl groups is 1. The highest BCUT2D eigenvalue weighted by Crippen LogP contribution is 2.40. The molecule has 1 heterocycles. The lowest BCUT2D eigenvalue weighted by molar-refractivity contribution is 0.367. The second-order valence-corrected chi connectivity index (χ2v) is 3.19. The van der Waals surface area contributed by atoms with Crippen LogP contribution in [0.1, 0.15) is 18.6 Å². The molecule has 0 spiro atoms. The van der Waals surface area contributed by atoms with E-state index in [-0.39, 0.29) is 18.0 Å². The molecular weight excluding hydrogens is 168 g/mol. The first-order valence-electron chi connectivity index (χ1n) is 4.24. The van der Waals surface area contributed by atoms with Crippen molar-refractivity contribution in [3.63, 3.8) is 0 Å². The fourth-order valence-corrected chi connectivity index (χ4v) is 1.41. The number of epoxide rings is 1. The van der Waals surface area contributed by atoms with Gasteiger partial charge in [0.05, 0.1) is 13.2 Å². The van der Waals surface area contributed by atoms with Crippen molar-refractivity contribution in [2.75, 3.05) is 7.11 Å². The van der Waals surface area contributed by atoms with Crippen LogP contribution in [-0.2, 0) is 4.74 Å². The van der Waals surface area contributed by atoms with Crippen LogP contribution < -0.4 is 4.74 Å². The highest BCUT2D eigenvalue weighted by atomic mass is 16.6. The minimum atomic E-state index is 0.166. The molecule has 1 aliphatic rings. The molecule has 0 aromatic heterocycles. The molecule has 0 aliphatic carbocycles. The molecule has 3 nitrogen and oxygen atoms in total. The van der Waals surface area contributed by atoms with E-state index in [0.717, 1.165) is 5.56 Å². The first kappa shape index (κ1) is 8.38. The minimum absolute atomic E-state index is 0.166. The van der Waals surface area contributed by atoms with Crippen LogP contribution in [0.2, 0.25) is 0 Å². The van der Waals surface area contributed by atoms with Crippen molar-refractivity contribution in [1.29, 1.82) is 0 Å². The number of phenols is 1. The maximum Gasteiger partial charge on any atom is 0.160 e. The highest BCUT2D eigenvalue weighted by molar-refractivity contribution is 5.43. The van der Waals surface area contributed by atoms with Gasteiger partial charge in [-0.2, -0.15) is 0 Å². The average molecular weight is 180 g/mol. The molecule has 13 heavy (non-hydrogen) atoms. The fraction of sp³-hybridized carbons (Fsp3) is 0.400. The summed E-state index contributed by atoms with van der Waals surface area (Å²) in [6.07, 6.45) is 0.462. The van der Waals surface area contributed by atoms with E-state index < -0.39 is 0 Å². The molecule has 1 N–H and O–H groups in total. The summed E-state index contributed by atoms with van der Waals surface area (Å²) < 4.78 is 10.3. The van der Waals surface area contributed by atoms with Gasteiger partial charge < -0.3 is 14.6 Å². The molecule has 2 rings (SSSR count). The zero-order chi connectivity index (χ0) is 9.42. The van der Waals surface area contributed by atoms with Gasteiger partial charge in [0.2, 0.25) is 0 Å². The molecular formula is C10H12O3. The van der Waals surface area contributed by atoms with Crippen molar-refractivity contribution >= 4 is 0 Å². The van der Waals surface area contributed by atoms with Gasteiger partial charge in [0, 0.05) is 0 Å². The molecule has 2 atom stereocenters. The summed E-state index contributed by atoms with van der Waals surface area (Å²) in [4.78, 5) is 0. The van der Waals surface area contributed by atoms with E-state index in [4.69, 9.17) is 9.47 Å². The van der Waals surface area contributed by atoms with Gasteiger partial charge >= 0.3 is 0 Å². The van der Waals surface area contributed by atoms with E-state index in [2.05, 4.69) is 0 Å². The normalized spacial score (nSPS) is 25.7. The van der Waals surface area contributed by atoms with Crippen molar-refractivity contribution in [2.24, 2.45) is 0 Å². The molecule has 1 unspecified atom stereocenters. The fourth-order valence-electron chi connectivity index (χ4n) is 1.41. The molecule has 0 bridgehead atoms. The first-order valence-corrected chi connectivity index (χ1v) is 4.24. The molecule has 1 saturated heterocycles. The summed E-state index contributed by atoms with van der Waals surface area (Å²) in [7, 11) is 1.54. The number of phenolic OH excluding ortho intramolecular Hbond substituents is 1. The SMILES string of the molecule is COc1cc([C@H]2OC2C)ccc1O. The Morgan fingerprint density at radius 3 is 2.69 bits per heavy atom. The average Bonchev–Trinajstić information content (AvgIpc) is 2.84. The first-order chi connectivity index (χ1) is 6.22. The van der Waals surface area contributed by atoms with Crippen molar-refractivity contribution < 1.29 is 14.6 Å². The van der Waals surface area contributed by atoms with Gasteiger partial charge in [-0.05, 0) is 24.6 Å². The monoisotopic (exact) mass is 180 g/mol. The third kappa shape index (κ3) is 1.47. The van der Waals surface area contributed by atoms with Crippen LogP contribution in [0.5, 0.6) is 11.5 Å². The predicted octanol–water partition coefficient (Wildman–Crippen LogP) is 1.86. The maximum atomic E-state index is 9.34. The van der Waals surface area contributed by atoms with Gasteiger partial charge in [-0.1, -0.05) is 6.07 Å². The van der Waals surface area contributed by atoms with Gasteiger partial charge in [-0.3, -0.25) is 0 Å². The van der Waals surface area contributed by atoms with Gasteiger partial charge in [-0.25, -0.2) is 0 Å². The number of ether oxygens (including phenoxy) is 2. The van der Waals surface area contributed by atoms with Crippen LogP contribution in [0.3, 0.4) is 0 Å². The number of methoxy groups -OCH3 is 1. The van der Waals surface area contributed by atoms with Crippen LogP contribution in [-0.4, -0.2) is 18.3 Å². The van der Waals surface area contributed by atoms with Crippen LogP contribution in [0.15, 0.2) is 18.2 Å². The standard InChI is InChI=1S/C10H12O3/c1-6-10(13-6)7-3-4-8(11)9(5-7)12-2/h3-6,10-11H,1-2H3/t6?,10-/m0/s1. The van der Waals surface area contributed by atoms with Gasteiger partial charge in [0.1, 0.15) is 6.10 Å². The third-order valence-electron chi connectivity index (χ3n) is 2.24. The molecule has 0 saturated carbocycles. The zero-order valence-corrected chi connectivity index (χ0v) is 7.65. The summed E-state index contributed by atoms with van der Waals surface area (Å²) in [5, 5.41) is 9.34. The summed E-state index contributed by atoms with van der Waals surface area (Å²) in [5.41, 5.74) is 1.06. The Hall–Kier alpha value is -1.22. The van der Waals surface area contributed by atoms with Crippen LogP contribution in [0.25, 0.3) is 0 Å². The van der Waals surface area contributed by atoms with Gasteiger partial charge in [0.25, 0.3) is 0 Å². The Morgan fingerprint density at radius 1 is 1.46 bits per heavy atom. The zero-order valence-electron chi connectivity index (χ0n) is 7.65. The van der Waals surface area contributed by atoms with Crippen molar-refractivity contribution in [2.45, 2.75) is 19.1 Å². The molecule has 1 aromatic carbocycles. The van der Waals surface area contributed by atoms with Crippen molar-refractivity contribution in [3.8, 4) is 11.5 Å². The maximum absolute atomic E-state index is 9.34. The Labute approximate surface area is 76.9 Å². The van der Waals surface area contributed by atoms with E-state index in [1.807, 2.05) is 19.1 Å². The second-order valence-electron chi connectivity index (χ2n) is 3.19. The molecule has 0 radical (unpaired) electrons. The number of hydrogen-bond donors (Lipinski definition) is 1. The molecule has 1 aromatic rings. The van der Waals surface area contributed by atoms with Crippen LogP contribution >= 0.6 is 0 Å².